The molecule has 1 fully saturated rings. The highest BCUT2D eigenvalue weighted by atomic mass is 35.5. The van der Waals surface area contributed by atoms with E-state index in [1.54, 1.807) is 24.3 Å². The monoisotopic (exact) mass is 316 g/mol. The summed E-state index contributed by atoms with van der Waals surface area (Å²) in [7, 11) is -0.299. The zero-order valence-corrected chi connectivity index (χ0v) is 13.4. The summed E-state index contributed by atoms with van der Waals surface area (Å²) in [5.41, 5.74) is 0.917. The van der Waals surface area contributed by atoms with Gasteiger partial charge in [0, 0.05) is 25.8 Å². The predicted molar refractivity (Wildman–Crippen MR) is 82.8 cm³/mol. The van der Waals surface area contributed by atoms with E-state index in [4.69, 9.17) is 11.6 Å². The van der Waals surface area contributed by atoms with Gasteiger partial charge in [0.2, 0.25) is 10.0 Å². The van der Waals surface area contributed by atoms with Crippen LogP contribution in [0.2, 0.25) is 0 Å². The zero-order chi connectivity index (χ0) is 14.8. The van der Waals surface area contributed by atoms with Gasteiger partial charge in [-0.1, -0.05) is 12.8 Å². The lowest BCUT2D eigenvalue weighted by molar-refractivity contribution is 0.469. The average Bonchev–Trinajstić information content (AvgIpc) is 2.42. The molecule has 0 aromatic heterocycles. The van der Waals surface area contributed by atoms with Crippen LogP contribution in [-0.2, 0) is 10.0 Å². The van der Waals surface area contributed by atoms with Gasteiger partial charge in [0.25, 0.3) is 0 Å². The Morgan fingerprint density at radius 2 is 1.75 bits per heavy atom. The van der Waals surface area contributed by atoms with Crippen molar-refractivity contribution < 1.29 is 8.42 Å². The van der Waals surface area contributed by atoms with Crippen molar-refractivity contribution in [3.05, 3.63) is 24.3 Å². The van der Waals surface area contributed by atoms with E-state index in [-0.39, 0.29) is 11.4 Å². The van der Waals surface area contributed by atoms with E-state index in [1.165, 1.54) is 31.2 Å². The summed E-state index contributed by atoms with van der Waals surface area (Å²) < 4.78 is 25.2. The van der Waals surface area contributed by atoms with Crippen LogP contribution in [0, 0.1) is 0 Å². The van der Waals surface area contributed by atoms with E-state index in [2.05, 4.69) is 5.32 Å². The van der Waals surface area contributed by atoms with Crippen LogP contribution in [0.5, 0.6) is 0 Å². The number of anilines is 1. The highest BCUT2D eigenvalue weighted by Crippen LogP contribution is 2.26. The quantitative estimate of drug-likeness (QED) is 0.869. The molecule has 1 aliphatic carbocycles. The van der Waals surface area contributed by atoms with Crippen molar-refractivity contribution >= 4 is 27.3 Å². The molecule has 1 aromatic carbocycles. The number of nitrogens with zero attached hydrogens (tertiary/aromatic N) is 1. The van der Waals surface area contributed by atoms with Gasteiger partial charge < -0.3 is 5.32 Å². The van der Waals surface area contributed by atoms with Crippen LogP contribution in [0.1, 0.15) is 25.7 Å². The van der Waals surface area contributed by atoms with Crippen LogP contribution in [0.25, 0.3) is 0 Å². The Bertz CT molecular complexity index is 543. The summed E-state index contributed by atoms with van der Waals surface area (Å²) in [5.74, 6) is 0. The second-order valence-corrected chi connectivity index (χ2v) is 8.08. The van der Waals surface area contributed by atoms with E-state index in [9.17, 15) is 8.42 Å². The topological polar surface area (TPSA) is 49.4 Å². The second-order valence-electron chi connectivity index (χ2n) is 5.36. The van der Waals surface area contributed by atoms with Crippen molar-refractivity contribution in [2.24, 2.45) is 0 Å². The third-order valence-corrected chi connectivity index (χ3v) is 6.02. The molecule has 1 aromatic rings. The smallest absolute Gasteiger partial charge is 0.242 e. The number of sulfonamides is 1. The van der Waals surface area contributed by atoms with Gasteiger partial charge >= 0.3 is 0 Å². The lowest BCUT2D eigenvalue weighted by atomic mass is 9.95. The Labute approximate surface area is 126 Å². The highest BCUT2D eigenvalue weighted by Gasteiger charge is 2.23. The first-order chi connectivity index (χ1) is 9.41. The van der Waals surface area contributed by atoms with Crippen LogP contribution < -0.4 is 5.32 Å². The Morgan fingerprint density at radius 1 is 1.15 bits per heavy atom. The first-order valence-corrected chi connectivity index (χ1v) is 8.72. The Kier molecular flexibility index (Phi) is 4.94. The minimum Gasteiger partial charge on any atom is -0.381 e. The number of alkyl halides is 1. The van der Waals surface area contributed by atoms with Gasteiger partial charge in [-0.15, -0.1) is 11.6 Å². The lowest BCUT2D eigenvalue weighted by Crippen LogP contribution is -2.32. The normalized spacial score (nSPS) is 23.8. The van der Waals surface area contributed by atoms with E-state index in [0.717, 1.165) is 18.5 Å². The van der Waals surface area contributed by atoms with E-state index >= 15 is 0 Å². The molecule has 0 bridgehead atoms. The lowest BCUT2D eigenvalue weighted by Gasteiger charge is -2.28. The van der Waals surface area contributed by atoms with Gasteiger partial charge in [-0.3, -0.25) is 0 Å². The molecule has 4 nitrogen and oxygen atoms in total. The molecule has 0 heterocycles. The Hall–Kier alpha value is -0.780. The number of nitrogens with one attached hydrogen (secondary N) is 1. The summed E-state index contributed by atoms with van der Waals surface area (Å²) in [6, 6.07) is 7.12. The number of rotatable bonds is 4. The van der Waals surface area contributed by atoms with E-state index in [0.29, 0.717) is 4.90 Å². The minimum atomic E-state index is -3.36. The molecular weight excluding hydrogens is 296 g/mol. The SMILES string of the molecule is CN(C)S(=O)(=O)c1ccc(NC2CCCCC2Cl)cc1. The van der Waals surface area contributed by atoms with Crippen molar-refractivity contribution in [1.82, 2.24) is 4.31 Å². The molecule has 0 aliphatic heterocycles. The van der Waals surface area contributed by atoms with Crippen LogP contribution in [-0.4, -0.2) is 38.2 Å². The number of benzene rings is 1. The molecule has 2 atom stereocenters. The van der Waals surface area contributed by atoms with Crippen molar-refractivity contribution in [1.29, 1.82) is 0 Å². The van der Waals surface area contributed by atoms with E-state index < -0.39 is 10.0 Å². The fraction of sp³-hybridized carbons (Fsp3) is 0.571. The summed E-state index contributed by atoms with van der Waals surface area (Å²) >= 11 is 6.31. The van der Waals surface area contributed by atoms with Gasteiger partial charge in [0.15, 0.2) is 0 Å². The van der Waals surface area contributed by atoms with Crippen LogP contribution >= 0.6 is 11.6 Å². The van der Waals surface area contributed by atoms with Crippen molar-refractivity contribution in [3.63, 3.8) is 0 Å². The van der Waals surface area contributed by atoms with Crippen molar-refractivity contribution in [2.45, 2.75) is 42.0 Å². The van der Waals surface area contributed by atoms with Gasteiger partial charge in [-0.05, 0) is 37.1 Å². The third kappa shape index (κ3) is 3.45. The number of hydrogen-bond acceptors (Lipinski definition) is 3. The number of hydrogen-bond donors (Lipinski definition) is 1. The molecule has 20 heavy (non-hydrogen) atoms. The molecular formula is C14H21ClN2O2S. The van der Waals surface area contributed by atoms with Gasteiger partial charge in [0.05, 0.1) is 10.3 Å². The Morgan fingerprint density at radius 3 is 2.30 bits per heavy atom. The minimum absolute atomic E-state index is 0.147. The van der Waals surface area contributed by atoms with Gasteiger partial charge in [-0.2, -0.15) is 0 Å². The standard InChI is InChI=1S/C14H21ClN2O2S/c1-17(2)20(18,19)12-9-7-11(8-10-12)16-14-6-4-3-5-13(14)15/h7-10,13-14,16H,3-6H2,1-2H3. The first kappa shape index (κ1) is 15.6. The largest absolute Gasteiger partial charge is 0.381 e. The number of halogens is 1. The molecule has 2 rings (SSSR count). The van der Waals surface area contributed by atoms with Crippen LogP contribution in [0.4, 0.5) is 5.69 Å². The zero-order valence-electron chi connectivity index (χ0n) is 11.8. The molecule has 6 heteroatoms. The van der Waals surface area contributed by atoms with Crippen molar-refractivity contribution in [3.8, 4) is 0 Å². The third-order valence-electron chi connectivity index (χ3n) is 3.67. The maximum atomic E-state index is 12.0. The Balaban J connectivity index is 2.09. The fourth-order valence-electron chi connectivity index (χ4n) is 2.40. The molecule has 2 unspecified atom stereocenters. The first-order valence-electron chi connectivity index (χ1n) is 6.84. The van der Waals surface area contributed by atoms with Crippen LogP contribution in [0.3, 0.4) is 0 Å². The fourth-order valence-corrected chi connectivity index (χ4v) is 3.64. The van der Waals surface area contributed by atoms with Crippen LogP contribution in [0.15, 0.2) is 29.2 Å². The molecule has 112 valence electrons. The maximum Gasteiger partial charge on any atom is 0.242 e. The second kappa shape index (κ2) is 6.33. The summed E-state index contributed by atoms with van der Waals surface area (Å²) in [6.45, 7) is 0. The van der Waals surface area contributed by atoms with Gasteiger partial charge in [0.1, 0.15) is 0 Å². The highest BCUT2D eigenvalue weighted by molar-refractivity contribution is 7.89. The molecule has 1 aliphatic rings. The van der Waals surface area contributed by atoms with Gasteiger partial charge in [-0.25, -0.2) is 12.7 Å². The predicted octanol–water partition coefficient (Wildman–Crippen LogP) is 2.90. The maximum absolute atomic E-state index is 12.0. The van der Waals surface area contributed by atoms with Crippen molar-refractivity contribution in [2.75, 3.05) is 19.4 Å². The molecule has 0 saturated heterocycles. The molecule has 0 spiro atoms. The molecule has 0 amide bonds. The average molecular weight is 317 g/mol. The summed E-state index contributed by atoms with van der Waals surface area (Å²) in [5, 5.41) is 3.55. The van der Waals surface area contributed by atoms with E-state index in [1.807, 2.05) is 0 Å². The molecule has 1 saturated carbocycles. The summed E-state index contributed by atoms with van der Waals surface area (Å²) in [4.78, 5) is 0.305. The molecule has 0 radical (unpaired) electrons. The molecule has 1 N–H and O–H groups in total. The summed E-state index contributed by atoms with van der Waals surface area (Å²) in [6.07, 6.45) is 4.47.